The minimum absolute atomic E-state index is 0.111. The number of hydrogen-bond acceptors (Lipinski definition) is 6. The molecule has 0 saturated heterocycles. The molecule has 1 amide bonds. The molecule has 0 spiro atoms. The van der Waals surface area contributed by atoms with Crippen molar-refractivity contribution in [2.75, 3.05) is 14.2 Å². The monoisotopic (exact) mass is 293 g/mol. The molecule has 0 radical (unpaired) electrons. The van der Waals surface area contributed by atoms with Gasteiger partial charge in [-0.2, -0.15) is 0 Å². The van der Waals surface area contributed by atoms with Crippen molar-refractivity contribution >= 4 is 29.1 Å². The van der Waals surface area contributed by atoms with Crippen LogP contribution in [-0.2, 0) is 4.79 Å². The molecule has 1 N–H and O–H groups in total. The van der Waals surface area contributed by atoms with Crippen molar-refractivity contribution in [3.8, 4) is 11.5 Å². The summed E-state index contributed by atoms with van der Waals surface area (Å²) in [4.78, 5) is 15.5. The van der Waals surface area contributed by atoms with E-state index in [-0.39, 0.29) is 11.2 Å². The van der Waals surface area contributed by atoms with Gasteiger partial charge in [0.25, 0.3) is 5.91 Å². The number of rotatable bonds is 3. The average Bonchev–Trinajstić information content (AvgIpc) is 2.48. The maximum Gasteiger partial charge on any atom is 0.253 e. The normalized spacial score (nSPS) is 18.6. The van der Waals surface area contributed by atoms with Crippen LogP contribution >= 0.6 is 11.8 Å². The van der Waals surface area contributed by atoms with Crippen LogP contribution in [0.2, 0.25) is 0 Å². The molecule has 0 aliphatic carbocycles. The van der Waals surface area contributed by atoms with Crippen molar-refractivity contribution in [2.24, 2.45) is 10.1 Å². The predicted molar refractivity (Wildman–Crippen MR) is 79.8 cm³/mol. The van der Waals surface area contributed by atoms with Gasteiger partial charge in [-0.3, -0.25) is 4.79 Å². The number of nitrogens with zero attached hydrogens (tertiary/aromatic N) is 2. The highest BCUT2D eigenvalue weighted by Crippen LogP contribution is 2.27. The number of aliphatic imine (C=N–C) groups is 1. The molecule has 106 valence electrons. The number of hydrogen-bond donors (Lipinski definition) is 1. The number of carbonyl (C=O) groups excluding carboxylic acids is 1. The lowest BCUT2D eigenvalue weighted by molar-refractivity contribution is -0.120. The third-order valence-electron chi connectivity index (χ3n) is 2.64. The molecule has 0 saturated carbocycles. The SMILES string of the molecule is COc1ccc(C=NC2=NNC(=O)C(C)S2)cc1OC. The molecule has 0 fully saturated rings. The molecule has 1 aromatic rings. The van der Waals surface area contributed by atoms with Crippen LogP contribution in [0.5, 0.6) is 11.5 Å². The van der Waals surface area contributed by atoms with Crippen LogP contribution in [-0.4, -0.2) is 36.8 Å². The molecule has 0 aromatic heterocycles. The van der Waals surface area contributed by atoms with Gasteiger partial charge in [0, 0.05) is 6.21 Å². The largest absolute Gasteiger partial charge is 0.493 e. The highest BCUT2D eigenvalue weighted by Gasteiger charge is 2.20. The number of amidine groups is 1. The van der Waals surface area contributed by atoms with Gasteiger partial charge in [-0.1, -0.05) is 11.8 Å². The molecule has 1 heterocycles. The molecular weight excluding hydrogens is 278 g/mol. The summed E-state index contributed by atoms with van der Waals surface area (Å²) in [6.07, 6.45) is 1.66. The van der Waals surface area contributed by atoms with E-state index in [4.69, 9.17) is 9.47 Å². The minimum atomic E-state index is -0.190. The second kappa shape index (κ2) is 6.42. The number of hydrazone groups is 1. The summed E-state index contributed by atoms with van der Waals surface area (Å²) in [5.41, 5.74) is 3.29. The third-order valence-corrected chi connectivity index (χ3v) is 3.62. The van der Waals surface area contributed by atoms with Crippen molar-refractivity contribution in [3.63, 3.8) is 0 Å². The lowest BCUT2D eigenvalue weighted by atomic mass is 10.2. The van der Waals surface area contributed by atoms with Gasteiger partial charge in [-0.25, -0.2) is 10.4 Å². The molecule has 7 heteroatoms. The first-order valence-electron chi connectivity index (χ1n) is 5.94. The van der Waals surface area contributed by atoms with E-state index in [9.17, 15) is 4.79 Å². The maximum atomic E-state index is 11.2. The summed E-state index contributed by atoms with van der Waals surface area (Å²) in [5.74, 6) is 1.19. The van der Waals surface area contributed by atoms with E-state index in [0.29, 0.717) is 16.7 Å². The van der Waals surface area contributed by atoms with E-state index in [0.717, 1.165) is 5.56 Å². The van der Waals surface area contributed by atoms with E-state index in [1.807, 2.05) is 12.1 Å². The molecule has 1 aromatic carbocycles. The van der Waals surface area contributed by atoms with Gasteiger partial charge in [0.05, 0.1) is 19.5 Å². The smallest absolute Gasteiger partial charge is 0.253 e. The summed E-state index contributed by atoms with van der Waals surface area (Å²) in [6, 6.07) is 5.49. The van der Waals surface area contributed by atoms with Crippen molar-refractivity contribution < 1.29 is 14.3 Å². The zero-order valence-corrected chi connectivity index (χ0v) is 12.2. The van der Waals surface area contributed by atoms with Crippen LogP contribution in [0.15, 0.2) is 28.3 Å². The van der Waals surface area contributed by atoms with Gasteiger partial charge < -0.3 is 9.47 Å². The zero-order chi connectivity index (χ0) is 14.5. The van der Waals surface area contributed by atoms with Crippen LogP contribution in [0.3, 0.4) is 0 Å². The minimum Gasteiger partial charge on any atom is -0.493 e. The first-order chi connectivity index (χ1) is 9.63. The van der Waals surface area contributed by atoms with Crippen molar-refractivity contribution in [2.45, 2.75) is 12.2 Å². The molecule has 2 rings (SSSR count). The molecule has 20 heavy (non-hydrogen) atoms. The summed E-state index contributed by atoms with van der Waals surface area (Å²) in [6.45, 7) is 1.81. The Morgan fingerprint density at radius 1 is 1.35 bits per heavy atom. The van der Waals surface area contributed by atoms with E-state index in [1.54, 1.807) is 33.4 Å². The Morgan fingerprint density at radius 3 is 2.75 bits per heavy atom. The number of thioether (sulfide) groups is 1. The first kappa shape index (κ1) is 14.4. The molecule has 1 unspecified atom stereocenters. The second-order valence-electron chi connectivity index (χ2n) is 4.00. The van der Waals surface area contributed by atoms with Gasteiger partial charge in [0.1, 0.15) is 0 Å². The van der Waals surface area contributed by atoms with E-state index < -0.39 is 0 Å². The predicted octanol–water partition coefficient (Wildman–Crippen LogP) is 1.65. The standard InChI is InChI=1S/C13H15N3O3S/c1-8-12(17)15-16-13(20-8)14-7-9-4-5-10(18-2)11(6-9)19-3/h4-8H,1-3H3,(H,15,17). The number of nitrogens with one attached hydrogen (secondary N) is 1. The molecule has 6 nitrogen and oxygen atoms in total. The fourth-order valence-corrected chi connectivity index (χ4v) is 2.24. The molecule has 1 atom stereocenters. The number of carbonyl (C=O) groups is 1. The average molecular weight is 293 g/mol. The van der Waals surface area contributed by atoms with Crippen LogP contribution in [0.4, 0.5) is 0 Å². The lowest BCUT2D eigenvalue weighted by Crippen LogP contribution is -2.32. The Morgan fingerprint density at radius 2 is 2.10 bits per heavy atom. The Hall–Kier alpha value is -2.02. The second-order valence-corrected chi connectivity index (χ2v) is 5.31. The van der Waals surface area contributed by atoms with Gasteiger partial charge in [-0.15, -0.1) is 5.10 Å². The Kier molecular flexibility index (Phi) is 4.62. The van der Waals surface area contributed by atoms with Crippen LogP contribution < -0.4 is 14.9 Å². The molecule has 0 bridgehead atoms. The van der Waals surface area contributed by atoms with Crippen molar-refractivity contribution in [3.05, 3.63) is 23.8 Å². The molecule has 1 aliphatic heterocycles. The van der Waals surface area contributed by atoms with Gasteiger partial charge >= 0.3 is 0 Å². The van der Waals surface area contributed by atoms with Crippen molar-refractivity contribution in [1.82, 2.24) is 5.43 Å². The highest BCUT2D eigenvalue weighted by atomic mass is 32.2. The van der Waals surface area contributed by atoms with Crippen molar-refractivity contribution in [1.29, 1.82) is 0 Å². The molecule has 1 aliphatic rings. The molecular formula is C13H15N3O3S. The maximum absolute atomic E-state index is 11.2. The van der Waals surface area contributed by atoms with Crippen LogP contribution in [0, 0.1) is 0 Å². The number of amides is 1. The quantitative estimate of drug-likeness (QED) is 0.860. The van der Waals surface area contributed by atoms with E-state index in [1.165, 1.54) is 11.8 Å². The van der Waals surface area contributed by atoms with Crippen LogP contribution in [0.25, 0.3) is 0 Å². The Balaban J connectivity index is 2.14. The highest BCUT2D eigenvalue weighted by molar-refractivity contribution is 8.15. The van der Waals surface area contributed by atoms with Crippen LogP contribution in [0.1, 0.15) is 12.5 Å². The lowest BCUT2D eigenvalue weighted by Gasteiger charge is -2.13. The van der Waals surface area contributed by atoms with E-state index >= 15 is 0 Å². The first-order valence-corrected chi connectivity index (χ1v) is 6.82. The summed E-state index contributed by atoms with van der Waals surface area (Å²) in [5, 5.41) is 4.21. The zero-order valence-electron chi connectivity index (χ0n) is 11.4. The number of benzene rings is 1. The van der Waals surface area contributed by atoms with E-state index in [2.05, 4.69) is 15.5 Å². The Labute approximate surface area is 121 Å². The number of methoxy groups -OCH3 is 2. The van der Waals surface area contributed by atoms with Gasteiger partial charge in [0.15, 0.2) is 11.5 Å². The summed E-state index contributed by atoms with van der Waals surface area (Å²) >= 11 is 1.32. The topological polar surface area (TPSA) is 72.3 Å². The fraction of sp³-hybridized carbons (Fsp3) is 0.308. The van der Waals surface area contributed by atoms with Gasteiger partial charge in [-0.05, 0) is 30.7 Å². The summed E-state index contributed by atoms with van der Waals surface area (Å²) < 4.78 is 10.4. The third kappa shape index (κ3) is 3.30. The number of ether oxygens (including phenoxy) is 2. The fourth-order valence-electron chi connectivity index (χ4n) is 1.55. The Bertz CT molecular complexity index is 572. The summed E-state index contributed by atoms with van der Waals surface area (Å²) in [7, 11) is 3.17. The van der Waals surface area contributed by atoms with Gasteiger partial charge in [0.2, 0.25) is 5.17 Å².